The minimum atomic E-state index is 0. The van der Waals surface area contributed by atoms with Crippen LogP contribution in [0.3, 0.4) is 0 Å². The fraction of sp³-hybridized carbons (Fsp3) is 0.333. The van der Waals surface area contributed by atoms with Crippen molar-refractivity contribution >= 4 is 30.7 Å². The van der Waals surface area contributed by atoms with Crippen molar-refractivity contribution in [2.75, 3.05) is 26.2 Å². The molecule has 1 N–H and O–H groups in total. The molecule has 3 rings (SSSR count). The van der Waals surface area contributed by atoms with Gasteiger partial charge >= 0.3 is 0 Å². The van der Waals surface area contributed by atoms with E-state index >= 15 is 0 Å². The summed E-state index contributed by atoms with van der Waals surface area (Å²) < 4.78 is 5.77. The van der Waals surface area contributed by atoms with Crippen molar-refractivity contribution in [1.29, 1.82) is 0 Å². The van der Waals surface area contributed by atoms with Gasteiger partial charge in [0.2, 0.25) is 0 Å². The topological polar surface area (TPSA) is 54.5 Å². The first-order valence-electron chi connectivity index (χ1n) is 7.95. The SMILES string of the molecule is Cl.Cl.O=C(c1cccc(OCc2cccnc2)c1)N1CCCNCC1. The molecule has 2 heterocycles. The number of hydrogen-bond donors (Lipinski definition) is 1. The maximum absolute atomic E-state index is 12.6. The first-order valence-corrected chi connectivity index (χ1v) is 7.95. The molecule has 5 nitrogen and oxygen atoms in total. The number of benzene rings is 1. The zero-order valence-electron chi connectivity index (χ0n) is 13.9. The van der Waals surface area contributed by atoms with Gasteiger partial charge in [-0.05, 0) is 37.2 Å². The molecule has 1 amide bonds. The molecular weight excluding hydrogens is 361 g/mol. The Labute approximate surface area is 160 Å². The lowest BCUT2D eigenvalue weighted by molar-refractivity contribution is 0.0766. The van der Waals surface area contributed by atoms with Crippen LogP contribution >= 0.6 is 24.8 Å². The van der Waals surface area contributed by atoms with Crippen LogP contribution in [0.5, 0.6) is 5.75 Å². The molecule has 1 aliphatic heterocycles. The molecule has 1 aromatic heterocycles. The van der Waals surface area contributed by atoms with E-state index < -0.39 is 0 Å². The Morgan fingerprint density at radius 3 is 2.84 bits per heavy atom. The number of amides is 1. The lowest BCUT2D eigenvalue weighted by Crippen LogP contribution is -2.34. The van der Waals surface area contributed by atoms with Crippen molar-refractivity contribution in [3.63, 3.8) is 0 Å². The molecular formula is C18H23Cl2N3O2. The van der Waals surface area contributed by atoms with E-state index in [9.17, 15) is 4.79 Å². The fourth-order valence-corrected chi connectivity index (χ4v) is 2.60. The molecule has 7 heteroatoms. The van der Waals surface area contributed by atoms with Gasteiger partial charge in [0.15, 0.2) is 0 Å². The largest absolute Gasteiger partial charge is 0.489 e. The molecule has 0 saturated carbocycles. The molecule has 0 bridgehead atoms. The van der Waals surface area contributed by atoms with Crippen LogP contribution in [0.25, 0.3) is 0 Å². The second-order valence-electron chi connectivity index (χ2n) is 5.57. The molecule has 0 atom stereocenters. The first kappa shape index (κ1) is 21.2. The van der Waals surface area contributed by atoms with Gasteiger partial charge in [0.25, 0.3) is 5.91 Å². The van der Waals surface area contributed by atoms with Crippen LogP contribution in [0.2, 0.25) is 0 Å². The van der Waals surface area contributed by atoms with Gasteiger partial charge in [0.05, 0.1) is 0 Å². The first-order chi connectivity index (χ1) is 11.3. The maximum Gasteiger partial charge on any atom is 0.254 e. The number of nitrogens with one attached hydrogen (secondary N) is 1. The van der Waals surface area contributed by atoms with Gasteiger partial charge in [-0.2, -0.15) is 0 Å². The number of carbonyl (C=O) groups is 1. The van der Waals surface area contributed by atoms with Crippen LogP contribution in [-0.2, 0) is 6.61 Å². The van der Waals surface area contributed by atoms with E-state index in [0.717, 1.165) is 38.2 Å². The van der Waals surface area contributed by atoms with Crippen molar-refractivity contribution < 1.29 is 9.53 Å². The van der Waals surface area contributed by atoms with Crippen molar-refractivity contribution in [2.45, 2.75) is 13.0 Å². The van der Waals surface area contributed by atoms with E-state index in [1.165, 1.54) is 0 Å². The number of aromatic nitrogens is 1. The average molecular weight is 384 g/mol. The van der Waals surface area contributed by atoms with Gasteiger partial charge in [0.1, 0.15) is 12.4 Å². The average Bonchev–Trinajstić information content (AvgIpc) is 2.90. The number of pyridine rings is 1. The Hall–Kier alpha value is -1.82. The number of halogens is 2. The molecule has 0 radical (unpaired) electrons. The van der Waals surface area contributed by atoms with Gasteiger partial charge in [-0.15, -0.1) is 24.8 Å². The monoisotopic (exact) mass is 383 g/mol. The summed E-state index contributed by atoms with van der Waals surface area (Å²) in [5.74, 6) is 0.771. The highest BCUT2D eigenvalue weighted by atomic mass is 35.5. The summed E-state index contributed by atoms with van der Waals surface area (Å²) in [4.78, 5) is 18.6. The zero-order valence-corrected chi connectivity index (χ0v) is 15.5. The Morgan fingerprint density at radius 1 is 1.16 bits per heavy atom. The smallest absolute Gasteiger partial charge is 0.254 e. The molecule has 1 saturated heterocycles. The molecule has 136 valence electrons. The summed E-state index contributed by atoms with van der Waals surface area (Å²) in [6.45, 7) is 3.81. The Morgan fingerprint density at radius 2 is 2.04 bits per heavy atom. The molecule has 2 aromatic rings. The number of hydrogen-bond acceptors (Lipinski definition) is 4. The van der Waals surface area contributed by atoms with Crippen molar-refractivity contribution in [2.24, 2.45) is 0 Å². The van der Waals surface area contributed by atoms with Crippen LogP contribution in [-0.4, -0.2) is 42.0 Å². The number of ether oxygens (including phenoxy) is 1. The van der Waals surface area contributed by atoms with Crippen molar-refractivity contribution in [3.05, 3.63) is 59.9 Å². The second-order valence-corrected chi connectivity index (χ2v) is 5.57. The summed E-state index contributed by atoms with van der Waals surface area (Å²) in [6.07, 6.45) is 4.50. The lowest BCUT2D eigenvalue weighted by atomic mass is 10.2. The van der Waals surface area contributed by atoms with Crippen LogP contribution in [0.15, 0.2) is 48.8 Å². The predicted octanol–water partition coefficient (Wildman–Crippen LogP) is 2.94. The van der Waals surface area contributed by atoms with E-state index in [4.69, 9.17) is 4.74 Å². The van der Waals surface area contributed by atoms with E-state index in [-0.39, 0.29) is 30.7 Å². The Kier molecular flexibility index (Phi) is 9.27. The second kappa shape index (κ2) is 10.9. The molecule has 1 aromatic carbocycles. The summed E-state index contributed by atoms with van der Waals surface area (Å²) in [5.41, 5.74) is 1.68. The minimum absolute atomic E-state index is 0. The predicted molar refractivity (Wildman–Crippen MR) is 103 cm³/mol. The molecule has 0 aliphatic carbocycles. The van der Waals surface area contributed by atoms with E-state index in [1.807, 2.05) is 41.3 Å². The van der Waals surface area contributed by atoms with Crippen molar-refractivity contribution in [1.82, 2.24) is 15.2 Å². The van der Waals surface area contributed by atoms with Crippen LogP contribution in [0.4, 0.5) is 0 Å². The number of nitrogens with zero attached hydrogens (tertiary/aromatic N) is 2. The maximum atomic E-state index is 12.6. The van der Waals surface area contributed by atoms with Gasteiger partial charge < -0.3 is 15.0 Å². The summed E-state index contributed by atoms with van der Waals surface area (Å²) in [7, 11) is 0. The lowest BCUT2D eigenvalue weighted by Gasteiger charge is -2.20. The molecule has 25 heavy (non-hydrogen) atoms. The van der Waals surface area contributed by atoms with Gasteiger partial charge in [-0.1, -0.05) is 12.1 Å². The quantitative estimate of drug-likeness (QED) is 0.881. The van der Waals surface area contributed by atoms with Gasteiger partial charge in [-0.25, -0.2) is 0 Å². The Bertz CT molecular complexity index is 648. The highest BCUT2D eigenvalue weighted by Gasteiger charge is 2.17. The third kappa shape index (κ3) is 6.20. The molecule has 0 spiro atoms. The Balaban J connectivity index is 0.00000156. The standard InChI is InChI=1S/C18H21N3O2.2ClH/c22-18(21-10-3-8-19-9-11-21)16-5-1-6-17(12-16)23-14-15-4-2-7-20-13-15;;/h1-2,4-7,12-13,19H,3,8-11,14H2;2*1H. The summed E-state index contributed by atoms with van der Waals surface area (Å²) >= 11 is 0. The zero-order chi connectivity index (χ0) is 15.9. The number of rotatable bonds is 4. The highest BCUT2D eigenvalue weighted by Crippen LogP contribution is 2.17. The van der Waals surface area contributed by atoms with Crippen LogP contribution in [0, 0.1) is 0 Å². The number of carbonyl (C=O) groups excluding carboxylic acids is 1. The van der Waals surface area contributed by atoms with Gasteiger partial charge in [-0.3, -0.25) is 9.78 Å². The molecule has 1 fully saturated rings. The van der Waals surface area contributed by atoms with E-state index in [1.54, 1.807) is 12.4 Å². The van der Waals surface area contributed by atoms with Gasteiger partial charge in [0, 0.05) is 43.2 Å². The summed E-state index contributed by atoms with van der Waals surface area (Å²) in [5, 5.41) is 3.31. The van der Waals surface area contributed by atoms with Crippen molar-refractivity contribution in [3.8, 4) is 5.75 Å². The van der Waals surface area contributed by atoms with E-state index in [2.05, 4.69) is 10.3 Å². The summed E-state index contributed by atoms with van der Waals surface area (Å²) in [6, 6.07) is 11.2. The normalized spacial score (nSPS) is 13.8. The van der Waals surface area contributed by atoms with Crippen LogP contribution < -0.4 is 10.1 Å². The molecule has 1 aliphatic rings. The fourth-order valence-electron chi connectivity index (χ4n) is 2.60. The highest BCUT2D eigenvalue weighted by molar-refractivity contribution is 5.94. The third-order valence-electron chi connectivity index (χ3n) is 3.84. The minimum Gasteiger partial charge on any atom is -0.489 e. The van der Waals surface area contributed by atoms with Crippen LogP contribution in [0.1, 0.15) is 22.3 Å². The third-order valence-corrected chi connectivity index (χ3v) is 3.84. The molecule has 0 unspecified atom stereocenters. The van der Waals surface area contributed by atoms with E-state index in [0.29, 0.717) is 17.9 Å².